The molecule has 0 spiro atoms. The van der Waals surface area contributed by atoms with Crippen molar-refractivity contribution in [3.63, 3.8) is 0 Å². The number of carbonyl (C=O) groups is 1. The Kier molecular flexibility index (Phi) is 5.23. The molecule has 1 aliphatic rings. The molecule has 24 heavy (non-hydrogen) atoms. The highest BCUT2D eigenvalue weighted by atomic mass is 35.5. The van der Waals surface area contributed by atoms with Gasteiger partial charge in [-0.2, -0.15) is 0 Å². The van der Waals surface area contributed by atoms with E-state index in [2.05, 4.69) is 4.90 Å². The van der Waals surface area contributed by atoms with Gasteiger partial charge in [-0.1, -0.05) is 11.6 Å². The highest BCUT2D eigenvalue weighted by molar-refractivity contribution is 6.33. The Morgan fingerprint density at radius 1 is 1.33 bits per heavy atom. The summed E-state index contributed by atoms with van der Waals surface area (Å²) in [5, 5.41) is 18.7. The van der Waals surface area contributed by atoms with Crippen LogP contribution in [0.25, 0.3) is 11.3 Å². The number of furan rings is 1. The SMILES string of the molecule is O=C(O)c1cc(-c2ccc(CN3CCC[C@H](CO)C3)o2)ccc1Cl. The van der Waals surface area contributed by atoms with Crippen LogP contribution in [0, 0.1) is 5.92 Å². The summed E-state index contributed by atoms with van der Waals surface area (Å²) >= 11 is 5.90. The van der Waals surface area contributed by atoms with Crippen molar-refractivity contribution in [2.24, 2.45) is 5.92 Å². The van der Waals surface area contributed by atoms with Crippen LogP contribution in [0.1, 0.15) is 29.0 Å². The minimum atomic E-state index is -1.06. The summed E-state index contributed by atoms with van der Waals surface area (Å²) in [6.45, 7) is 2.78. The van der Waals surface area contributed by atoms with Crippen LogP contribution in [0.5, 0.6) is 0 Å². The summed E-state index contributed by atoms with van der Waals surface area (Å²) in [6, 6.07) is 8.60. The summed E-state index contributed by atoms with van der Waals surface area (Å²) in [4.78, 5) is 13.5. The van der Waals surface area contributed by atoms with E-state index in [-0.39, 0.29) is 17.2 Å². The first kappa shape index (κ1) is 17.0. The number of halogens is 1. The lowest BCUT2D eigenvalue weighted by molar-refractivity contribution is 0.0697. The van der Waals surface area contributed by atoms with E-state index in [4.69, 9.17) is 21.1 Å². The number of likely N-dealkylation sites (tertiary alicyclic amines) is 1. The van der Waals surface area contributed by atoms with Gasteiger partial charge in [-0.05, 0) is 55.6 Å². The van der Waals surface area contributed by atoms with Crippen LogP contribution < -0.4 is 0 Å². The maximum Gasteiger partial charge on any atom is 0.337 e. The molecule has 1 aromatic heterocycles. The van der Waals surface area contributed by atoms with Crippen molar-refractivity contribution in [1.82, 2.24) is 4.90 Å². The highest BCUT2D eigenvalue weighted by Crippen LogP contribution is 2.28. The van der Waals surface area contributed by atoms with Gasteiger partial charge in [-0.3, -0.25) is 4.90 Å². The molecule has 2 N–H and O–H groups in total. The Balaban J connectivity index is 1.74. The Labute approximate surface area is 145 Å². The fraction of sp³-hybridized carbons (Fsp3) is 0.389. The molecule has 2 aromatic rings. The predicted molar refractivity (Wildman–Crippen MR) is 91.2 cm³/mol. The third-order valence-corrected chi connectivity index (χ3v) is 4.71. The van der Waals surface area contributed by atoms with Crippen LogP contribution in [0.3, 0.4) is 0 Å². The zero-order valence-corrected chi connectivity index (χ0v) is 14.0. The van der Waals surface area contributed by atoms with Crippen LogP contribution in [-0.4, -0.2) is 40.8 Å². The van der Waals surface area contributed by atoms with Crippen molar-refractivity contribution >= 4 is 17.6 Å². The second-order valence-electron chi connectivity index (χ2n) is 6.19. The Bertz CT molecular complexity index is 728. The summed E-state index contributed by atoms with van der Waals surface area (Å²) < 4.78 is 5.88. The largest absolute Gasteiger partial charge is 0.478 e. The number of aliphatic hydroxyl groups is 1. The van der Waals surface area contributed by atoms with Gasteiger partial charge in [-0.15, -0.1) is 0 Å². The van der Waals surface area contributed by atoms with Gasteiger partial charge < -0.3 is 14.6 Å². The van der Waals surface area contributed by atoms with Crippen LogP contribution in [0.4, 0.5) is 0 Å². The number of aromatic carboxylic acids is 1. The molecule has 1 saturated heterocycles. The molecule has 5 nitrogen and oxygen atoms in total. The van der Waals surface area contributed by atoms with Crippen LogP contribution in [0.2, 0.25) is 5.02 Å². The number of carboxylic acids is 1. The smallest absolute Gasteiger partial charge is 0.337 e. The van der Waals surface area contributed by atoms with Gasteiger partial charge in [0.15, 0.2) is 0 Å². The van der Waals surface area contributed by atoms with E-state index in [1.165, 1.54) is 6.07 Å². The normalized spacial score (nSPS) is 18.7. The summed E-state index contributed by atoms with van der Waals surface area (Å²) in [7, 11) is 0. The summed E-state index contributed by atoms with van der Waals surface area (Å²) in [6.07, 6.45) is 2.15. The molecule has 0 amide bonds. The van der Waals surface area contributed by atoms with E-state index in [0.717, 1.165) is 31.7 Å². The lowest BCUT2D eigenvalue weighted by atomic mass is 9.99. The number of hydrogen-bond acceptors (Lipinski definition) is 4. The van der Waals surface area contributed by atoms with Crippen LogP contribution in [-0.2, 0) is 6.54 Å². The van der Waals surface area contributed by atoms with E-state index in [9.17, 15) is 9.90 Å². The first-order valence-corrected chi connectivity index (χ1v) is 8.39. The first-order valence-electron chi connectivity index (χ1n) is 8.02. The van der Waals surface area contributed by atoms with Crippen molar-refractivity contribution in [2.45, 2.75) is 19.4 Å². The van der Waals surface area contributed by atoms with Gasteiger partial charge in [-0.25, -0.2) is 4.79 Å². The molecule has 0 unspecified atom stereocenters. The number of nitrogens with zero attached hydrogens (tertiary/aromatic N) is 1. The van der Waals surface area contributed by atoms with E-state index < -0.39 is 5.97 Å². The Hall–Kier alpha value is -1.82. The predicted octanol–water partition coefficient (Wildman–Crippen LogP) is 3.50. The molecule has 1 aromatic carbocycles. The quantitative estimate of drug-likeness (QED) is 0.864. The van der Waals surface area contributed by atoms with E-state index in [1.54, 1.807) is 12.1 Å². The monoisotopic (exact) mass is 349 g/mol. The fourth-order valence-corrected chi connectivity index (χ4v) is 3.32. The molecular formula is C18H20ClNO4. The number of rotatable bonds is 5. The average molecular weight is 350 g/mol. The van der Waals surface area contributed by atoms with Crippen molar-refractivity contribution < 1.29 is 19.4 Å². The molecule has 0 aliphatic carbocycles. The zero-order valence-electron chi connectivity index (χ0n) is 13.2. The molecule has 2 heterocycles. The molecular weight excluding hydrogens is 330 g/mol. The van der Waals surface area contributed by atoms with Crippen molar-refractivity contribution in [3.05, 3.63) is 46.7 Å². The Morgan fingerprint density at radius 3 is 2.92 bits per heavy atom. The van der Waals surface area contributed by atoms with Gasteiger partial charge in [0, 0.05) is 18.7 Å². The minimum Gasteiger partial charge on any atom is -0.478 e. The lowest BCUT2D eigenvalue weighted by Crippen LogP contribution is -2.36. The average Bonchev–Trinajstić information content (AvgIpc) is 3.03. The van der Waals surface area contributed by atoms with Gasteiger partial charge >= 0.3 is 5.97 Å². The van der Waals surface area contributed by atoms with E-state index in [0.29, 0.717) is 23.8 Å². The van der Waals surface area contributed by atoms with Crippen molar-refractivity contribution in [1.29, 1.82) is 0 Å². The lowest BCUT2D eigenvalue weighted by Gasteiger charge is -2.30. The number of aliphatic hydroxyl groups excluding tert-OH is 1. The third-order valence-electron chi connectivity index (χ3n) is 4.38. The summed E-state index contributed by atoms with van der Waals surface area (Å²) in [5.74, 6) is 0.731. The summed E-state index contributed by atoms with van der Waals surface area (Å²) in [5.41, 5.74) is 0.754. The molecule has 6 heteroatoms. The third kappa shape index (κ3) is 3.80. The van der Waals surface area contributed by atoms with Gasteiger partial charge in [0.05, 0.1) is 17.1 Å². The number of piperidine rings is 1. The maximum absolute atomic E-state index is 11.2. The number of carboxylic acid groups (broad SMARTS) is 1. The molecule has 128 valence electrons. The van der Waals surface area contributed by atoms with E-state index in [1.807, 2.05) is 12.1 Å². The van der Waals surface area contributed by atoms with Gasteiger partial charge in [0.1, 0.15) is 11.5 Å². The highest BCUT2D eigenvalue weighted by Gasteiger charge is 2.20. The van der Waals surface area contributed by atoms with Crippen LogP contribution >= 0.6 is 11.6 Å². The maximum atomic E-state index is 11.2. The molecule has 1 aliphatic heterocycles. The standard InChI is InChI=1S/C18H20ClNO4/c19-16-5-3-13(8-15(16)18(22)23)17-6-4-14(24-17)10-20-7-1-2-12(9-20)11-21/h3-6,8,12,21H,1-2,7,9-11H2,(H,22,23)/t12-/m0/s1. The zero-order chi connectivity index (χ0) is 17.1. The second-order valence-corrected chi connectivity index (χ2v) is 6.60. The van der Waals surface area contributed by atoms with Crippen molar-refractivity contribution in [3.8, 4) is 11.3 Å². The molecule has 0 bridgehead atoms. The minimum absolute atomic E-state index is 0.0638. The first-order chi connectivity index (χ1) is 11.6. The number of hydrogen-bond donors (Lipinski definition) is 2. The molecule has 1 fully saturated rings. The molecule has 0 radical (unpaired) electrons. The molecule has 1 atom stereocenters. The molecule has 3 rings (SSSR count). The fourth-order valence-electron chi connectivity index (χ4n) is 3.12. The Morgan fingerprint density at radius 2 is 2.17 bits per heavy atom. The number of benzene rings is 1. The van der Waals surface area contributed by atoms with Crippen LogP contribution in [0.15, 0.2) is 34.7 Å². The second kappa shape index (κ2) is 7.38. The van der Waals surface area contributed by atoms with E-state index >= 15 is 0 Å². The molecule has 0 saturated carbocycles. The topological polar surface area (TPSA) is 73.9 Å². The van der Waals surface area contributed by atoms with Crippen molar-refractivity contribution in [2.75, 3.05) is 19.7 Å². The van der Waals surface area contributed by atoms with Gasteiger partial charge in [0.25, 0.3) is 0 Å². The van der Waals surface area contributed by atoms with Gasteiger partial charge in [0.2, 0.25) is 0 Å².